The average molecular weight is 192 g/mol. The Bertz CT molecular complexity index is 349. The lowest BCUT2D eigenvalue weighted by molar-refractivity contribution is 0.535. The van der Waals surface area contributed by atoms with Gasteiger partial charge in [0.05, 0.1) is 0 Å². The first kappa shape index (κ1) is 8.38. The Morgan fingerprint density at radius 1 is 1.29 bits per heavy atom. The molecule has 3 rings (SSSR count). The molecule has 2 fully saturated rings. The van der Waals surface area contributed by atoms with Crippen LogP contribution >= 0.6 is 0 Å². The highest BCUT2D eigenvalue weighted by Gasteiger charge is 2.56. The Morgan fingerprint density at radius 2 is 2.00 bits per heavy atom. The number of nitrogens with one attached hydrogen (secondary N) is 1. The van der Waals surface area contributed by atoms with Gasteiger partial charge in [0, 0.05) is 18.6 Å². The van der Waals surface area contributed by atoms with E-state index in [2.05, 4.69) is 5.32 Å². The minimum atomic E-state index is -0.177. The third-order valence-electron chi connectivity index (χ3n) is 3.48. The van der Waals surface area contributed by atoms with E-state index in [0.29, 0.717) is 23.9 Å². The van der Waals surface area contributed by atoms with Gasteiger partial charge in [-0.05, 0) is 29.5 Å². The van der Waals surface area contributed by atoms with Crippen LogP contribution in [0.4, 0.5) is 4.39 Å². The van der Waals surface area contributed by atoms with Gasteiger partial charge in [0.15, 0.2) is 0 Å². The SMILES string of the molecule is NC1C2CNC(c3ccc(F)cc3)C12. The normalized spacial score (nSPS) is 39.6. The molecule has 2 nitrogen and oxygen atoms in total. The minimum absolute atomic E-state index is 0.177. The van der Waals surface area contributed by atoms with Crippen LogP contribution in [0.1, 0.15) is 11.6 Å². The number of halogens is 1. The van der Waals surface area contributed by atoms with Crippen molar-refractivity contribution >= 4 is 0 Å². The van der Waals surface area contributed by atoms with E-state index in [1.807, 2.05) is 12.1 Å². The van der Waals surface area contributed by atoms with Crippen molar-refractivity contribution in [3.05, 3.63) is 35.6 Å². The summed E-state index contributed by atoms with van der Waals surface area (Å²) in [4.78, 5) is 0. The van der Waals surface area contributed by atoms with Gasteiger partial charge in [0.1, 0.15) is 5.82 Å². The van der Waals surface area contributed by atoms with E-state index in [-0.39, 0.29) is 5.82 Å². The zero-order valence-corrected chi connectivity index (χ0v) is 7.78. The lowest BCUT2D eigenvalue weighted by Crippen LogP contribution is -2.25. The molecule has 4 unspecified atom stereocenters. The number of hydrogen-bond acceptors (Lipinski definition) is 2. The lowest BCUT2D eigenvalue weighted by Gasteiger charge is -2.14. The molecule has 1 aromatic carbocycles. The molecule has 1 aliphatic carbocycles. The van der Waals surface area contributed by atoms with Crippen molar-refractivity contribution in [1.82, 2.24) is 5.32 Å². The highest BCUT2D eigenvalue weighted by molar-refractivity contribution is 5.27. The van der Waals surface area contributed by atoms with Gasteiger partial charge in [-0.25, -0.2) is 4.39 Å². The van der Waals surface area contributed by atoms with Gasteiger partial charge in [-0.1, -0.05) is 12.1 Å². The van der Waals surface area contributed by atoms with Gasteiger partial charge in [0.25, 0.3) is 0 Å². The zero-order valence-electron chi connectivity index (χ0n) is 7.78. The topological polar surface area (TPSA) is 38.0 Å². The fourth-order valence-corrected chi connectivity index (χ4v) is 2.58. The van der Waals surface area contributed by atoms with Gasteiger partial charge < -0.3 is 11.1 Å². The van der Waals surface area contributed by atoms with Gasteiger partial charge in [-0.3, -0.25) is 0 Å². The molecular weight excluding hydrogens is 179 g/mol. The Labute approximate surface area is 82.3 Å². The van der Waals surface area contributed by atoms with Crippen molar-refractivity contribution in [1.29, 1.82) is 0 Å². The Hall–Kier alpha value is -0.930. The fraction of sp³-hybridized carbons (Fsp3) is 0.455. The van der Waals surface area contributed by atoms with Crippen LogP contribution in [0.3, 0.4) is 0 Å². The van der Waals surface area contributed by atoms with Gasteiger partial charge in [-0.2, -0.15) is 0 Å². The first-order chi connectivity index (χ1) is 6.77. The number of rotatable bonds is 1. The summed E-state index contributed by atoms with van der Waals surface area (Å²) in [5, 5.41) is 3.42. The molecule has 1 saturated heterocycles. The lowest BCUT2D eigenvalue weighted by atomic mass is 10.0. The molecule has 0 bridgehead atoms. The second-order valence-electron chi connectivity index (χ2n) is 4.26. The molecule has 0 amide bonds. The van der Waals surface area contributed by atoms with Crippen LogP contribution in [0.25, 0.3) is 0 Å². The molecule has 0 radical (unpaired) electrons. The van der Waals surface area contributed by atoms with Crippen molar-refractivity contribution < 1.29 is 4.39 Å². The quantitative estimate of drug-likeness (QED) is 0.697. The summed E-state index contributed by atoms with van der Waals surface area (Å²) in [7, 11) is 0. The van der Waals surface area contributed by atoms with Crippen LogP contribution < -0.4 is 11.1 Å². The second-order valence-corrected chi connectivity index (χ2v) is 4.26. The molecule has 74 valence electrons. The van der Waals surface area contributed by atoms with E-state index < -0.39 is 0 Å². The van der Waals surface area contributed by atoms with Crippen molar-refractivity contribution in [3.63, 3.8) is 0 Å². The third kappa shape index (κ3) is 1.09. The maximum Gasteiger partial charge on any atom is 0.123 e. The van der Waals surface area contributed by atoms with E-state index >= 15 is 0 Å². The summed E-state index contributed by atoms with van der Waals surface area (Å²) >= 11 is 0. The largest absolute Gasteiger partial charge is 0.327 e. The van der Waals surface area contributed by atoms with Crippen LogP contribution in [-0.4, -0.2) is 12.6 Å². The summed E-state index contributed by atoms with van der Waals surface area (Å²) in [6, 6.07) is 7.42. The molecular formula is C11H13FN2. The number of fused-ring (bicyclic) bond motifs is 1. The predicted molar refractivity (Wildman–Crippen MR) is 52.1 cm³/mol. The highest BCUT2D eigenvalue weighted by Crippen LogP contribution is 2.50. The smallest absolute Gasteiger partial charge is 0.123 e. The first-order valence-corrected chi connectivity index (χ1v) is 5.02. The summed E-state index contributed by atoms with van der Waals surface area (Å²) in [6.45, 7) is 1.01. The van der Waals surface area contributed by atoms with Crippen molar-refractivity contribution in [3.8, 4) is 0 Å². The number of benzene rings is 1. The van der Waals surface area contributed by atoms with Gasteiger partial charge in [0.2, 0.25) is 0 Å². The average Bonchev–Trinajstić information content (AvgIpc) is 2.63. The standard InChI is InChI=1S/C11H13FN2/c12-7-3-1-6(2-4-7)11-9-8(5-14-11)10(9)13/h1-4,8-11,14H,5,13H2. The van der Waals surface area contributed by atoms with Crippen molar-refractivity contribution in [2.24, 2.45) is 17.6 Å². The summed E-state index contributed by atoms with van der Waals surface area (Å²) in [5.41, 5.74) is 7.07. The molecule has 14 heavy (non-hydrogen) atoms. The van der Waals surface area contributed by atoms with E-state index in [1.165, 1.54) is 12.1 Å². The van der Waals surface area contributed by atoms with Crippen LogP contribution in [0.5, 0.6) is 0 Å². The van der Waals surface area contributed by atoms with Crippen LogP contribution in [0, 0.1) is 17.7 Å². The van der Waals surface area contributed by atoms with E-state index in [0.717, 1.165) is 12.1 Å². The first-order valence-electron chi connectivity index (χ1n) is 5.02. The second kappa shape index (κ2) is 2.78. The van der Waals surface area contributed by atoms with Gasteiger partial charge >= 0.3 is 0 Å². The van der Waals surface area contributed by atoms with Crippen LogP contribution in [-0.2, 0) is 0 Å². The molecule has 1 aromatic rings. The van der Waals surface area contributed by atoms with Crippen molar-refractivity contribution in [2.45, 2.75) is 12.1 Å². The van der Waals surface area contributed by atoms with E-state index in [4.69, 9.17) is 5.73 Å². The molecule has 0 spiro atoms. The molecule has 1 heterocycles. The number of nitrogens with two attached hydrogens (primary N) is 1. The molecule has 1 saturated carbocycles. The molecule has 4 atom stereocenters. The molecule has 0 aromatic heterocycles. The van der Waals surface area contributed by atoms with E-state index in [9.17, 15) is 4.39 Å². The Balaban J connectivity index is 1.86. The maximum atomic E-state index is 12.7. The molecule has 3 heteroatoms. The number of piperidine rings is 1. The summed E-state index contributed by atoms with van der Waals surface area (Å²) in [6.07, 6.45) is 0. The van der Waals surface area contributed by atoms with Crippen LogP contribution in [0.15, 0.2) is 24.3 Å². The third-order valence-corrected chi connectivity index (χ3v) is 3.48. The summed E-state index contributed by atoms with van der Waals surface area (Å²) in [5.74, 6) is 1.04. The predicted octanol–water partition coefficient (Wildman–Crippen LogP) is 1.04. The maximum absolute atomic E-state index is 12.7. The Morgan fingerprint density at radius 3 is 2.57 bits per heavy atom. The van der Waals surface area contributed by atoms with Crippen LogP contribution in [0.2, 0.25) is 0 Å². The monoisotopic (exact) mass is 192 g/mol. The molecule has 1 aliphatic heterocycles. The van der Waals surface area contributed by atoms with Gasteiger partial charge in [-0.15, -0.1) is 0 Å². The fourth-order valence-electron chi connectivity index (χ4n) is 2.58. The highest BCUT2D eigenvalue weighted by atomic mass is 19.1. The summed E-state index contributed by atoms with van der Waals surface area (Å²) < 4.78 is 12.7. The molecule has 3 N–H and O–H groups in total. The zero-order chi connectivity index (χ0) is 9.71. The molecule has 2 aliphatic rings. The Kier molecular flexibility index (Phi) is 1.66. The minimum Gasteiger partial charge on any atom is -0.327 e. The number of hydrogen-bond donors (Lipinski definition) is 2. The van der Waals surface area contributed by atoms with E-state index in [1.54, 1.807) is 0 Å². The van der Waals surface area contributed by atoms with Crippen molar-refractivity contribution in [2.75, 3.05) is 6.54 Å².